The summed E-state index contributed by atoms with van der Waals surface area (Å²) >= 11 is 3.42. The first-order chi connectivity index (χ1) is 6.62. The van der Waals surface area contributed by atoms with E-state index in [0.717, 1.165) is 30.7 Å². The van der Waals surface area contributed by atoms with E-state index in [2.05, 4.69) is 21.1 Å². The topological polar surface area (TPSA) is 21.6 Å². The molecule has 4 aliphatic rings. The number of oxime groups is 1. The molecule has 3 nitrogen and oxygen atoms in total. The van der Waals surface area contributed by atoms with Crippen molar-refractivity contribution in [1.82, 2.24) is 0 Å². The van der Waals surface area contributed by atoms with Crippen LogP contribution in [0, 0.1) is 5.92 Å². The summed E-state index contributed by atoms with van der Waals surface area (Å²) in [6.07, 6.45) is 3.29. The molecular weight excluding hydrogens is 243 g/mol. The van der Waals surface area contributed by atoms with Crippen LogP contribution in [0.5, 0.6) is 0 Å². The Morgan fingerprint density at radius 2 is 2.21 bits per heavy atom. The number of quaternary nitrogens is 1. The highest BCUT2D eigenvalue weighted by molar-refractivity contribution is 9.18. The average Bonchev–Trinajstić information content (AvgIpc) is 2.47. The number of rotatable bonds is 0. The van der Waals surface area contributed by atoms with E-state index in [9.17, 15) is 0 Å². The quantitative estimate of drug-likeness (QED) is 0.596. The van der Waals surface area contributed by atoms with Gasteiger partial charge in [-0.25, -0.2) is 0 Å². The van der Waals surface area contributed by atoms with E-state index in [4.69, 9.17) is 12.8 Å². The molecule has 14 heavy (non-hydrogen) atoms. The summed E-state index contributed by atoms with van der Waals surface area (Å²) in [4.78, 5) is 5.64. The van der Waals surface area contributed by atoms with Gasteiger partial charge in [-0.05, 0) is 15.9 Å². The van der Waals surface area contributed by atoms with E-state index in [0.29, 0.717) is 10.3 Å². The highest BCUT2D eigenvalue weighted by atomic mass is 79.9. The molecule has 0 aliphatic carbocycles. The molecule has 0 amide bonds. The molecule has 2 radical (unpaired) electrons. The number of nitrogens with zero attached hydrogens (tertiary/aromatic N) is 2. The molecule has 3 fully saturated rings. The van der Waals surface area contributed by atoms with Crippen molar-refractivity contribution in [2.75, 3.05) is 19.6 Å². The SMILES string of the molecule is [B][N+]12CCC(CC1)C1(CC(Br)=NO1)C2. The fourth-order valence-corrected chi connectivity index (χ4v) is 3.73. The van der Waals surface area contributed by atoms with Gasteiger partial charge < -0.3 is 9.23 Å². The van der Waals surface area contributed by atoms with Crippen LogP contribution in [0.3, 0.4) is 0 Å². The molecule has 1 unspecified atom stereocenters. The molecule has 3 saturated heterocycles. The number of piperidine rings is 3. The molecule has 4 heterocycles. The predicted molar refractivity (Wildman–Crippen MR) is 58.1 cm³/mol. The van der Waals surface area contributed by atoms with Crippen molar-refractivity contribution in [3.8, 4) is 0 Å². The van der Waals surface area contributed by atoms with Gasteiger partial charge in [0.25, 0.3) is 0 Å². The van der Waals surface area contributed by atoms with Gasteiger partial charge in [-0.3, -0.25) is 0 Å². The minimum Gasteiger partial charge on any atom is -0.393 e. The Morgan fingerprint density at radius 3 is 2.71 bits per heavy atom. The smallest absolute Gasteiger partial charge is 0.393 e. The summed E-state index contributed by atoms with van der Waals surface area (Å²) in [5.41, 5.74) is -0.0793. The lowest BCUT2D eigenvalue weighted by Crippen LogP contribution is -2.68. The highest BCUT2D eigenvalue weighted by Gasteiger charge is 2.57. The van der Waals surface area contributed by atoms with Gasteiger partial charge in [0.1, 0.15) is 11.2 Å². The first kappa shape index (κ1) is 9.22. The second-order valence-corrected chi connectivity index (χ2v) is 5.81. The molecule has 74 valence electrons. The predicted octanol–water partition coefficient (Wildman–Crippen LogP) is 1.18. The van der Waals surface area contributed by atoms with Gasteiger partial charge in [-0.1, -0.05) is 5.16 Å². The minimum absolute atomic E-state index is 0.0793. The Morgan fingerprint density at radius 1 is 1.50 bits per heavy atom. The fraction of sp³-hybridized carbons (Fsp3) is 0.889. The van der Waals surface area contributed by atoms with Crippen LogP contribution < -0.4 is 0 Å². The number of halogens is 1. The zero-order valence-electron chi connectivity index (χ0n) is 8.08. The first-order valence-electron chi connectivity index (χ1n) is 5.17. The standard InChI is InChI=1S/C9H13BBrN2O/c10-13-3-1-7(2-4-13)9(6-13)5-8(11)12-14-9/h7H,1-6H2/q+1. The zero-order valence-corrected chi connectivity index (χ0v) is 9.66. The van der Waals surface area contributed by atoms with Crippen molar-refractivity contribution in [2.24, 2.45) is 11.1 Å². The first-order valence-corrected chi connectivity index (χ1v) is 5.96. The van der Waals surface area contributed by atoms with Gasteiger partial charge >= 0.3 is 7.98 Å². The Labute approximate surface area is 93.6 Å². The third kappa shape index (κ3) is 1.18. The lowest BCUT2D eigenvalue weighted by molar-refractivity contribution is -0.846. The van der Waals surface area contributed by atoms with Crippen LogP contribution in [0.4, 0.5) is 0 Å². The monoisotopic (exact) mass is 255 g/mol. The lowest BCUT2D eigenvalue weighted by atomic mass is 9.70. The molecule has 5 heteroatoms. The summed E-state index contributed by atoms with van der Waals surface area (Å²) in [6.45, 7) is 3.14. The van der Waals surface area contributed by atoms with E-state index < -0.39 is 0 Å². The van der Waals surface area contributed by atoms with Crippen LogP contribution in [0.2, 0.25) is 0 Å². The van der Waals surface area contributed by atoms with Crippen LogP contribution in [0.15, 0.2) is 5.16 Å². The zero-order chi connectivity index (χ0) is 9.81. The van der Waals surface area contributed by atoms with Crippen molar-refractivity contribution in [3.05, 3.63) is 0 Å². The fourth-order valence-electron chi connectivity index (χ4n) is 3.18. The van der Waals surface area contributed by atoms with E-state index in [-0.39, 0.29) is 5.60 Å². The number of hydrogen-bond donors (Lipinski definition) is 0. The van der Waals surface area contributed by atoms with Crippen LogP contribution in [0.1, 0.15) is 19.3 Å². The Kier molecular flexibility index (Phi) is 1.82. The summed E-state index contributed by atoms with van der Waals surface area (Å²) in [5.74, 6) is 0.657. The Hall–Kier alpha value is -0.0251. The molecule has 0 saturated carbocycles. The van der Waals surface area contributed by atoms with Crippen molar-refractivity contribution in [3.63, 3.8) is 0 Å². The van der Waals surface area contributed by atoms with Gasteiger partial charge in [0.2, 0.25) is 0 Å². The molecule has 1 atom stereocenters. The van der Waals surface area contributed by atoms with Crippen LogP contribution in [-0.4, -0.2) is 42.2 Å². The second kappa shape index (κ2) is 2.76. The maximum atomic E-state index is 6.29. The van der Waals surface area contributed by atoms with Crippen LogP contribution in [0.25, 0.3) is 0 Å². The molecule has 0 aromatic rings. The van der Waals surface area contributed by atoms with Gasteiger partial charge in [-0.15, -0.1) is 0 Å². The maximum Gasteiger partial charge on any atom is 0.481 e. The minimum atomic E-state index is -0.0793. The van der Waals surface area contributed by atoms with Gasteiger partial charge in [0.05, 0.1) is 13.1 Å². The lowest BCUT2D eigenvalue weighted by Gasteiger charge is -2.54. The Bertz CT molecular complexity index is 301. The van der Waals surface area contributed by atoms with Crippen LogP contribution in [-0.2, 0) is 4.84 Å². The summed E-state index contributed by atoms with van der Waals surface area (Å²) in [7, 11) is 6.29. The average molecular weight is 256 g/mol. The molecule has 4 rings (SSSR count). The van der Waals surface area contributed by atoms with Crippen molar-refractivity contribution < 1.29 is 9.23 Å². The molecular formula is C9H13BBrN2O+. The third-order valence-corrected chi connectivity index (χ3v) is 4.37. The molecule has 1 spiro atoms. The van der Waals surface area contributed by atoms with E-state index >= 15 is 0 Å². The molecule has 2 bridgehead atoms. The number of hydrogen-bond acceptors (Lipinski definition) is 2. The van der Waals surface area contributed by atoms with Crippen molar-refractivity contribution >= 4 is 28.5 Å². The highest BCUT2D eigenvalue weighted by Crippen LogP contribution is 2.46. The third-order valence-electron chi connectivity index (χ3n) is 3.94. The summed E-state index contributed by atoms with van der Waals surface area (Å²) in [6, 6.07) is 0. The van der Waals surface area contributed by atoms with Gasteiger partial charge in [-0.2, -0.15) is 0 Å². The summed E-state index contributed by atoms with van der Waals surface area (Å²) < 4.78 is 1.63. The largest absolute Gasteiger partial charge is 0.481 e. The normalized spacial score (nSPS) is 50.6. The summed E-state index contributed by atoms with van der Waals surface area (Å²) in [5, 5.41) is 4.03. The maximum absolute atomic E-state index is 6.29. The van der Waals surface area contributed by atoms with Gasteiger partial charge in [0.15, 0.2) is 5.60 Å². The van der Waals surface area contributed by atoms with E-state index in [1.54, 1.807) is 0 Å². The van der Waals surface area contributed by atoms with E-state index in [1.807, 2.05) is 0 Å². The number of fused-ring (bicyclic) bond motifs is 2. The van der Waals surface area contributed by atoms with Crippen LogP contribution >= 0.6 is 15.9 Å². The second-order valence-electron chi connectivity index (χ2n) is 4.90. The van der Waals surface area contributed by atoms with Crippen molar-refractivity contribution in [2.45, 2.75) is 24.9 Å². The molecule has 4 aliphatic heterocycles. The van der Waals surface area contributed by atoms with Crippen molar-refractivity contribution in [1.29, 1.82) is 0 Å². The Balaban J connectivity index is 1.89. The molecule has 0 aromatic heterocycles. The van der Waals surface area contributed by atoms with E-state index in [1.165, 1.54) is 12.8 Å². The molecule has 0 aromatic carbocycles. The van der Waals surface area contributed by atoms with Gasteiger partial charge in [0, 0.05) is 25.2 Å². The molecule has 0 N–H and O–H groups in total.